The van der Waals surface area contributed by atoms with Crippen LogP contribution < -0.4 is 27.0 Å². The molecule has 1 aromatic heterocycles. The molecule has 0 radical (unpaired) electrons. The second-order valence-electron chi connectivity index (χ2n) is 6.35. The average molecular weight is 394 g/mol. The molecule has 0 spiro atoms. The fourth-order valence-corrected chi connectivity index (χ4v) is 2.79. The van der Waals surface area contributed by atoms with Crippen LogP contribution in [0.15, 0.2) is 53.3 Å². The smallest absolute Gasteiger partial charge is 0.319 e. The van der Waals surface area contributed by atoms with Gasteiger partial charge in [-0.05, 0) is 43.7 Å². The van der Waals surface area contributed by atoms with Gasteiger partial charge in [-0.25, -0.2) is 9.78 Å². The molecule has 29 heavy (non-hydrogen) atoms. The number of benzene rings is 2. The summed E-state index contributed by atoms with van der Waals surface area (Å²) in [6, 6.07) is 13.8. The SMILES string of the molecule is CCn1c(NNC(=O)CNC(=O)Nc2cccc(C)c2)nc2ccccc2c1=O. The monoisotopic (exact) mass is 394 g/mol. The van der Waals surface area contributed by atoms with E-state index >= 15 is 0 Å². The number of anilines is 2. The van der Waals surface area contributed by atoms with Gasteiger partial charge in [0.2, 0.25) is 5.95 Å². The summed E-state index contributed by atoms with van der Waals surface area (Å²) < 4.78 is 1.42. The molecule has 3 rings (SSSR count). The maximum Gasteiger partial charge on any atom is 0.319 e. The molecule has 0 aliphatic heterocycles. The number of hydrazine groups is 1. The molecular weight excluding hydrogens is 372 g/mol. The molecule has 0 saturated heterocycles. The number of amides is 3. The molecule has 0 saturated carbocycles. The van der Waals surface area contributed by atoms with E-state index in [1.165, 1.54) is 4.57 Å². The first kappa shape index (κ1) is 19.9. The highest BCUT2D eigenvalue weighted by molar-refractivity contribution is 5.92. The number of rotatable bonds is 6. The number of carbonyl (C=O) groups is 2. The van der Waals surface area contributed by atoms with Gasteiger partial charge in [-0.15, -0.1) is 0 Å². The zero-order valence-electron chi connectivity index (χ0n) is 16.2. The molecule has 9 heteroatoms. The number of fused-ring (bicyclic) bond motifs is 1. The molecule has 3 aromatic rings. The second kappa shape index (κ2) is 8.87. The van der Waals surface area contributed by atoms with Crippen molar-refractivity contribution in [2.75, 3.05) is 17.3 Å². The summed E-state index contributed by atoms with van der Waals surface area (Å²) in [7, 11) is 0. The van der Waals surface area contributed by atoms with Crippen molar-refractivity contribution in [2.45, 2.75) is 20.4 Å². The van der Waals surface area contributed by atoms with Gasteiger partial charge in [0, 0.05) is 12.2 Å². The number of para-hydroxylation sites is 1. The third kappa shape index (κ3) is 4.89. The molecule has 9 nitrogen and oxygen atoms in total. The Kier molecular flexibility index (Phi) is 6.08. The molecule has 1 heterocycles. The number of aryl methyl sites for hydroxylation is 1. The number of nitrogens with zero attached hydrogens (tertiary/aromatic N) is 2. The number of hydrogen-bond donors (Lipinski definition) is 4. The van der Waals surface area contributed by atoms with Crippen molar-refractivity contribution in [3.05, 3.63) is 64.4 Å². The van der Waals surface area contributed by atoms with Crippen molar-refractivity contribution in [3.8, 4) is 0 Å². The van der Waals surface area contributed by atoms with Crippen LogP contribution in [0.5, 0.6) is 0 Å². The zero-order valence-corrected chi connectivity index (χ0v) is 16.2. The van der Waals surface area contributed by atoms with Gasteiger partial charge in [-0.2, -0.15) is 0 Å². The Morgan fingerprint density at radius 3 is 2.66 bits per heavy atom. The van der Waals surface area contributed by atoms with E-state index < -0.39 is 11.9 Å². The lowest BCUT2D eigenvalue weighted by molar-refractivity contribution is -0.119. The molecular formula is C20H22N6O3. The summed E-state index contributed by atoms with van der Waals surface area (Å²) in [4.78, 5) is 40.9. The molecule has 4 N–H and O–H groups in total. The quantitative estimate of drug-likeness (QED) is 0.477. The Hall–Kier alpha value is -3.88. The maximum absolute atomic E-state index is 12.5. The third-order valence-corrected chi connectivity index (χ3v) is 4.18. The van der Waals surface area contributed by atoms with E-state index in [1.54, 1.807) is 30.3 Å². The molecule has 2 aromatic carbocycles. The van der Waals surface area contributed by atoms with Gasteiger partial charge in [-0.1, -0.05) is 24.3 Å². The van der Waals surface area contributed by atoms with Crippen LogP contribution in [0, 0.1) is 6.92 Å². The van der Waals surface area contributed by atoms with E-state index in [0.29, 0.717) is 23.1 Å². The largest absolute Gasteiger partial charge is 0.329 e. The minimum atomic E-state index is -0.500. The van der Waals surface area contributed by atoms with Gasteiger partial charge in [0.05, 0.1) is 10.9 Å². The highest BCUT2D eigenvalue weighted by Crippen LogP contribution is 2.10. The maximum atomic E-state index is 12.5. The number of hydrogen-bond acceptors (Lipinski definition) is 5. The van der Waals surface area contributed by atoms with E-state index in [9.17, 15) is 14.4 Å². The van der Waals surface area contributed by atoms with Crippen molar-refractivity contribution in [1.82, 2.24) is 20.3 Å². The number of nitrogens with one attached hydrogen (secondary N) is 4. The first-order valence-corrected chi connectivity index (χ1v) is 9.14. The first-order chi connectivity index (χ1) is 14.0. The number of aromatic nitrogens is 2. The number of carbonyl (C=O) groups excluding carboxylic acids is 2. The predicted octanol–water partition coefficient (Wildman–Crippen LogP) is 1.99. The summed E-state index contributed by atoms with van der Waals surface area (Å²) >= 11 is 0. The lowest BCUT2D eigenvalue weighted by Crippen LogP contribution is -2.42. The summed E-state index contributed by atoms with van der Waals surface area (Å²) in [6.07, 6.45) is 0. The van der Waals surface area contributed by atoms with Crippen LogP contribution in [0.3, 0.4) is 0 Å². The van der Waals surface area contributed by atoms with Crippen LogP contribution in [0.4, 0.5) is 16.4 Å². The van der Waals surface area contributed by atoms with Gasteiger partial charge in [0.15, 0.2) is 0 Å². The van der Waals surface area contributed by atoms with Gasteiger partial charge in [0.1, 0.15) is 6.54 Å². The Bertz CT molecular complexity index is 1110. The second-order valence-corrected chi connectivity index (χ2v) is 6.35. The predicted molar refractivity (Wildman–Crippen MR) is 112 cm³/mol. The zero-order chi connectivity index (χ0) is 20.8. The van der Waals surface area contributed by atoms with E-state index in [0.717, 1.165) is 5.56 Å². The van der Waals surface area contributed by atoms with Gasteiger partial charge in [-0.3, -0.25) is 25.0 Å². The molecule has 0 aliphatic carbocycles. The van der Waals surface area contributed by atoms with Crippen molar-refractivity contribution in [3.63, 3.8) is 0 Å². The van der Waals surface area contributed by atoms with Crippen LogP contribution in [0.1, 0.15) is 12.5 Å². The molecule has 150 valence electrons. The van der Waals surface area contributed by atoms with Gasteiger partial charge >= 0.3 is 6.03 Å². The molecule has 0 aliphatic rings. The fraction of sp³-hybridized carbons (Fsp3) is 0.200. The lowest BCUT2D eigenvalue weighted by Gasteiger charge is -2.14. The summed E-state index contributed by atoms with van der Waals surface area (Å²) in [6.45, 7) is 3.85. The van der Waals surface area contributed by atoms with Crippen molar-refractivity contribution in [2.24, 2.45) is 0 Å². The Labute approximate surface area is 167 Å². The summed E-state index contributed by atoms with van der Waals surface area (Å²) in [5.74, 6) is -0.275. The standard InChI is InChI=1S/C20H22N6O3/c1-3-26-18(28)15-9-4-5-10-16(15)23-19(26)25-24-17(27)12-21-20(29)22-14-8-6-7-13(2)11-14/h4-11H,3,12H2,1-2H3,(H,23,25)(H,24,27)(H2,21,22,29). The van der Waals surface area contributed by atoms with Crippen molar-refractivity contribution in [1.29, 1.82) is 0 Å². The minimum absolute atomic E-state index is 0.203. The normalized spacial score (nSPS) is 10.4. The van der Waals surface area contributed by atoms with Crippen LogP contribution in [-0.2, 0) is 11.3 Å². The minimum Gasteiger partial charge on any atom is -0.329 e. The van der Waals surface area contributed by atoms with Crippen LogP contribution >= 0.6 is 0 Å². The first-order valence-electron chi connectivity index (χ1n) is 9.14. The molecule has 0 unspecified atom stereocenters. The van der Waals surface area contributed by atoms with Crippen LogP contribution in [0.25, 0.3) is 10.9 Å². The third-order valence-electron chi connectivity index (χ3n) is 4.18. The van der Waals surface area contributed by atoms with Gasteiger partial charge < -0.3 is 10.6 Å². The van der Waals surface area contributed by atoms with Gasteiger partial charge in [0.25, 0.3) is 11.5 Å². The Balaban J connectivity index is 1.58. The topological polar surface area (TPSA) is 117 Å². The Morgan fingerprint density at radius 2 is 1.90 bits per heavy atom. The lowest BCUT2D eigenvalue weighted by atomic mass is 10.2. The summed E-state index contributed by atoms with van der Waals surface area (Å²) in [5, 5.41) is 5.62. The van der Waals surface area contributed by atoms with E-state index in [-0.39, 0.29) is 18.1 Å². The van der Waals surface area contributed by atoms with Crippen molar-refractivity contribution < 1.29 is 9.59 Å². The van der Waals surface area contributed by atoms with Crippen molar-refractivity contribution >= 4 is 34.5 Å². The highest BCUT2D eigenvalue weighted by atomic mass is 16.2. The van der Waals surface area contributed by atoms with E-state index in [4.69, 9.17) is 0 Å². The average Bonchev–Trinajstić information content (AvgIpc) is 2.71. The molecule has 3 amide bonds. The molecule has 0 atom stereocenters. The summed E-state index contributed by atoms with van der Waals surface area (Å²) in [5.41, 5.74) is 7.06. The van der Waals surface area contributed by atoms with Crippen LogP contribution in [-0.4, -0.2) is 28.0 Å². The molecule has 0 fully saturated rings. The van der Waals surface area contributed by atoms with Crippen LogP contribution in [0.2, 0.25) is 0 Å². The molecule has 0 bridgehead atoms. The van der Waals surface area contributed by atoms with E-state index in [2.05, 4.69) is 26.5 Å². The number of urea groups is 1. The Morgan fingerprint density at radius 1 is 1.10 bits per heavy atom. The van der Waals surface area contributed by atoms with E-state index in [1.807, 2.05) is 32.0 Å². The fourth-order valence-electron chi connectivity index (χ4n) is 2.79. The highest BCUT2D eigenvalue weighted by Gasteiger charge is 2.11.